The molecule has 1 fully saturated rings. The van der Waals surface area contributed by atoms with Crippen molar-refractivity contribution in [3.8, 4) is 0 Å². The summed E-state index contributed by atoms with van der Waals surface area (Å²) in [5, 5.41) is 0. The number of carbonyl (C=O) groups excluding carboxylic acids is 2. The Kier molecular flexibility index (Phi) is 5.69. The topological polar surface area (TPSA) is 61.8 Å². The van der Waals surface area contributed by atoms with E-state index >= 15 is 0 Å². The van der Waals surface area contributed by atoms with Gasteiger partial charge in [-0.1, -0.05) is 13.3 Å². The summed E-state index contributed by atoms with van der Waals surface area (Å²) in [6.45, 7) is 6.05. The van der Waals surface area contributed by atoms with Gasteiger partial charge in [-0.2, -0.15) is 0 Å². The molecular formula is C13H20O5. The fraction of sp³-hybridized carbons (Fsp3) is 0.769. The molecule has 3 atom stereocenters. The summed E-state index contributed by atoms with van der Waals surface area (Å²) in [5.41, 5.74) is 0.362. The SMILES string of the molecule is CCCC1OC(C)(C=O)OC1C(=C=O)COCC. The van der Waals surface area contributed by atoms with Crippen molar-refractivity contribution < 1.29 is 23.8 Å². The molecule has 1 heterocycles. The molecule has 0 saturated carbocycles. The highest BCUT2D eigenvalue weighted by molar-refractivity contribution is 5.61. The summed E-state index contributed by atoms with van der Waals surface area (Å²) >= 11 is 0. The van der Waals surface area contributed by atoms with Gasteiger partial charge < -0.3 is 14.2 Å². The van der Waals surface area contributed by atoms with Gasteiger partial charge in [0.15, 0.2) is 6.29 Å². The summed E-state index contributed by atoms with van der Waals surface area (Å²) in [4.78, 5) is 21.9. The van der Waals surface area contributed by atoms with E-state index in [-0.39, 0.29) is 12.7 Å². The number of ether oxygens (including phenoxy) is 3. The molecule has 0 N–H and O–H groups in total. The molecule has 3 unspecified atom stereocenters. The maximum absolute atomic E-state index is 11.0. The first-order chi connectivity index (χ1) is 8.60. The first kappa shape index (κ1) is 15.1. The van der Waals surface area contributed by atoms with Crippen molar-refractivity contribution in [2.24, 2.45) is 0 Å². The summed E-state index contributed by atoms with van der Waals surface area (Å²) < 4.78 is 16.3. The number of carbonyl (C=O) groups is 1. The van der Waals surface area contributed by atoms with Crippen LogP contribution in [0.3, 0.4) is 0 Å². The van der Waals surface area contributed by atoms with Crippen LogP contribution in [0, 0.1) is 0 Å². The summed E-state index contributed by atoms with van der Waals surface area (Å²) in [6, 6.07) is 0. The lowest BCUT2D eigenvalue weighted by molar-refractivity contribution is -0.167. The van der Waals surface area contributed by atoms with Crippen molar-refractivity contribution in [1.82, 2.24) is 0 Å². The second-order valence-electron chi connectivity index (χ2n) is 4.38. The number of hydrogen-bond acceptors (Lipinski definition) is 5. The number of hydrogen-bond donors (Lipinski definition) is 0. The maximum Gasteiger partial charge on any atom is 0.223 e. The van der Waals surface area contributed by atoms with Gasteiger partial charge in [-0.05, 0) is 20.3 Å². The number of aldehydes is 1. The fourth-order valence-corrected chi connectivity index (χ4v) is 1.95. The van der Waals surface area contributed by atoms with Gasteiger partial charge in [-0.3, -0.25) is 4.79 Å². The molecule has 0 spiro atoms. The molecule has 0 aliphatic carbocycles. The van der Waals surface area contributed by atoms with Crippen LogP contribution in [0.1, 0.15) is 33.6 Å². The lowest BCUT2D eigenvalue weighted by atomic mass is 10.0. The van der Waals surface area contributed by atoms with E-state index in [0.717, 1.165) is 6.42 Å². The molecule has 1 aliphatic heterocycles. The minimum Gasteiger partial charge on any atom is -0.377 e. The van der Waals surface area contributed by atoms with Gasteiger partial charge in [0.05, 0.1) is 18.3 Å². The molecule has 0 bridgehead atoms. The Bertz CT molecular complexity index is 334. The van der Waals surface area contributed by atoms with Crippen molar-refractivity contribution in [3.63, 3.8) is 0 Å². The van der Waals surface area contributed by atoms with Crippen molar-refractivity contribution in [2.45, 2.75) is 51.6 Å². The summed E-state index contributed by atoms with van der Waals surface area (Å²) in [7, 11) is 0. The maximum atomic E-state index is 11.0. The second-order valence-corrected chi connectivity index (χ2v) is 4.38. The van der Waals surface area contributed by atoms with Gasteiger partial charge in [0.2, 0.25) is 5.79 Å². The molecule has 102 valence electrons. The third kappa shape index (κ3) is 3.50. The number of rotatable bonds is 7. The Morgan fingerprint density at radius 3 is 2.67 bits per heavy atom. The predicted octanol–water partition coefficient (Wildman–Crippen LogP) is 1.28. The molecule has 0 radical (unpaired) electrons. The van der Waals surface area contributed by atoms with Gasteiger partial charge in [0.1, 0.15) is 12.0 Å². The van der Waals surface area contributed by atoms with Crippen LogP contribution in [-0.2, 0) is 23.8 Å². The van der Waals surface area contributed by atoms with Crippen molar-refractivity contribution >= 4 is 12.2 Å². The third-order valence-electron chi connectivity index (χ3n) is 2.81. The largest absolute Gasteiger partial charge is 0.377 e. The quantitative estimate of drug-likeness (QED) is 0.507. The van der Waals surface area contributed by atoms with Crippen LogP contribution < -0.4 is 0 Å². The second kappa shape index (κ2) is 6.81. The molecule has 1 aliphatic rings. The Morgan fingerprint density at radius 2 is 2.17 bits per heavy atom. The van der Waals surface area contributed by atoms with Crippen molar-refractivity contribution in [1.29, 1.82) is 0 Å². The summed E-state index contributed by atoms with van der Waals surface area (Å²) in [6.07, 6.45) is 1.34. The standard InChI is InChI=1S/C13H20O5/c1-4-6-11-12(10(7-14)8-16-5-2)18-13(3,9-15)17-11/h9,11-12H,4-6,8H2,1-3H3. The molecule has 0 aromatic carbocycles. The Morgan fingerprint density at radius 1 is 1.44 bits per heavy atom. The normalized spacial score (nSPS) is 31.1. The van der Waals surface area contributed by atoms with E-state index in [1.807, 2.05) is 19.8 Å². The molecule has 1 saturated heterocycles. The lowest BCUT2D eigenvalue weighted by Gasteiger charge is -2.16. The highest BCUT2D eigenvalue weighted by Crippen LogP contribution is 2.32. The smallest absolute Gasteiger partial charge is 0.223 e. The van der Waals surface area contributed by atoms with Crippen LogP contribution in [-0.4, -0.2) is 43.4 Å². The zero-order chi connectivity index (χ0) is 13.6. The first-order valence-electron chi connectivity index (χ1n) is 6.23. The molecule has 0 aromatic heterocycles. The van der Waals surface area contributed by atoms with Crippen LogP contribution in [0.2, 0.25) is 0 Å². The summed E-state index contributed by atoms with van der Waals surface area (Å²) in [5.74, 6) is 0.571. The van der Waals surface area contributed by atoms with E-state index in [2.05, 4.69) is 0 Å². The van der Waals surface area contributed by atoms with Gasteiger partial charge in [0.25, 0.3) is 0 Å². The van der Waals surface area contributed by atoms with E-state index in [0.29, 0.717) is 24.9 Å². The van der Waals surface area contributed by atoms with Crippen LogP contribution in [0.4, 0.5) is 0 Å². The molecule has 5 nitrogen and oxygen atoms in total. The lowest BCUT2D eigenvalue weighted by Crippen LogP contribution is -2.29. The van der Waals surface area contributed by atoms with Crippen LogP contribution in [0.5, 0.6) is 0 Å². The van der Waals surface area contributed by atoms with E-state index in [4.69, 9.17) is 14.2 Å². The first-order valence-corrected chi connectivity index (χ1v) is 6.23. The Balaban J connectivity index is 2.82. The van der Waals surface area contributed by atoms with E-state index in [1.165, 1.54) is 0 Å². The van der Waals surface area contributed by atoms with E-state index < -0.39 is 11.9 Å². The third-order valence-corrected chi connectivity index (χ3v) is 2.81. The Labute approximate surface area is 107 Å². The van der Waals surface area contributed by atoms with Crippen LogP contribution >= 0.6 is 0 Å². The predicted molar refractivity (Wildman–Crippen MR) is 64.8 cm³/mol. The fourth-order valence-electron chi connectivity index (χ4n) is 1.95. The Hall–Kier alpha value is -1.00. The molecule has 5 heteroatoms. The van der Waals surface area contributed by atoms with Gasteiger partial charge >= 0.3 is 0 Å². The zero-order valence-corrected chi connectivity index (χ0v) is 11.1. The van der Waals surface area contributed by atoms with Gasteiger partial charge in [0, 0.05) is 6.61 Å². The minimum absolute atomic E-state index is 0.156. The molecule has 1 rings (SSSR count). The molecular weight excluding hydrogens is 236 g/mol. The van der Waals surface area contributed by atoms with Gasteiger partial charge in [-0.15, -0.1) is 0 Å². The highest BCUT2D eigenvalue weighted by Gasteiger charge is 2.45. The van der Waals surface area contributed by atoms with Gasteiger partial charge in [-0.25, -0.2) is 4.79 Å². The molecule has 0 aromatic rings. The molecule has 0 amide bonds. The average Bonchev–Trinajstić information content (AvgIpc) is 2.69. The minimum atomic E-state index is -1.28. The van der Waals surface area contributed by atoms with Crippen molar-refractivity contribution in [2.75, 3.05) is 13.2 Å². The average molecular weight is 256 g/mol. The van der Waals surface area contributed by atoms with Crippen molar-refractivity contribution in [3.05, 3.63) is 5.57 Å². The zero-order valence-electron chi connectivity index (χ0n) is 11.1. The molecule has 18 heavy (non-hydrogen) atoms. The van der Waals surface area contributed by atoms with Crippen LogP contribution in [0.15, 0.2) is 5.57 Å². The van der Waals surface area contributed by atoms with E-state index in [9.17, 15) is 9.59 Å². The highest BCUT2D eigenvalue weighted by atomic mass is 16.8. The van der Waals surface area contributed by atoms with E-state index in [1.54, 1.807) is 6.92 Å². The van der Waals surface area contributed by atoms with Crippen LogP contribution in [0.25, 0.3) is 0 Å². The monoisotopic (exact) mass is 256 g/mol.